The van der Waals surface area contributed by atoms with E-state index in [1.165, 1.54) is 11.3 Å². The molecule has 0 bridgehead atoms. The molecule has 0 unspecified atom stereocenters. The van der Waals surface area contributed by atoms with E-state index in [2.05, 4.69) is 20.9 Å². The summed E-state index contributed by atoms with van der Waals surface area (Å²) in [5.41, 5.74) is 2.29. The maximum absolute atomic E-state index is 13.6. The normalized spacial score (nSPS) is 17.1. The lowest BCUT2D eigenvalue weighted by Crippen LogP contribution is -2.39. The van der Waals surface area contributed by atoms with Crippen molar-refractivity contribution in [2.45, 2.75) is 19.9 Å². The van der Waals surface area contributed by atoms with Gasteiger partial charge in [-0.15, -0.1) is 0 Å². The van der Waals surface area contributed by atoms with Crippen molar-refractivity contribution in [3.63, 3.8) is 0 Å². The van der Waals surface area contributed by atoms with Crippen LogP contribution < -0.4 is 24.4 Å². The van der Waals surface area contributed by atoms with Gasteiger partial charge in [0.1, 0.15) is 0 Å². The maximum Gasteiger partial charge on any atom is 0.338 e. The largest absolute Gasteiger partial charge is 0.463 e. The van der Waals surface area contributed by atoms with E-state index in [4.69, 9.17) is 14.2 Å². The van der Waals surface area contributed by atoms with Crippen LogP contribution in [0.15, 0.2) is 68.0 Å². The van der Waals surface area contributed by atoms with Crippen molar-refractivity contribution in [1.29, 1.82) is 0 Å². The number of nitrogens with zero attached hydrogens (tertiary/aromatic N) is 2. The number of benzene rings is 2. The van der Waals surface area contributed by atoms with Crippen LogP contribution >= 0.6 is 27.3 Å². The van der Waals surface area contributed by atoms with Crippen LogP contribution in [0.1, 0.15) is 31.0 Å². The number of aromatic nitrogens is 1. The van der Waals surface area contributed by atoms with Gasteiger partial charge in [0, 0.05) is 4.47 Å². The number of hydrogen-bond acceptors (Lipinski definition) is 7. The first kappa shape index (κ1) is 21.7. The number of halogens is 1. The molecule has 7 nitrogen and oxygen atoms in total. The van der Waals surface area contributed by atoms with Gasteiger partial charge in [-0.2, -0.15) is 0 Å². The molecule has 0 spiro atoms. The first-order chi connectivity index (χ1) is 16.0. The molecule has 2 aliphatic rings. The molecule has 3 aromatic rings. The Hall–Kier alpha value is -3.17. The Balaban J connectivity index is 1.69. The minimum absolute atomic E-state index is 0.185. The van der Waals surface area contributed by atoms with Crippen LogP contribution in [-0.2, 0) is 9.53 Å². The molecule has 1 aromatic heterocycles. The van der Waals surface area contributed by atoms with E-state index >= 15 is 0 Å². The summed E-state index contributed by atoms with van der Waals surface area (Å²) in [5.74, 6) is 0.847. The van der Waals surface area contributed by atoms with Gasteiger partial charge in [0.15, 0.2) is 16.3 Å². The number of carbonyl (C=O) groups excluding carboxylic acids is 1. The van der Waals surface area contributed by atoms with Crippen LogP contribution in [0.4, 0.5) is 0 Å². The molecule has 168 valence electrons. The number of hydrogen-bond donors (Lipinski definition) is 0. The van der Waals surface area contributed by atoms with Crippen LogP contribution in [0.5, 0.6) is 11.5 Å². The third-order valence-electron chi connectivity index (χ3n) is 5.40. The van der Waals surface area contributed by atoms with Crippen molar-refractivity contribution in [2.24, 2.45) is 4.99 Å². The second-order valence-corrected chi connectivity index (χ2v) is 9.39. The van der Waals surface area contributed by atoms with Crippen molar-refractivity contribution in [1.82, 2.24) is 4.57 Å². The number of esters is 1. The third kappa shape index (κ3) is 3.91. The van der Waals surface area contributed by atoms with Crippen molar-refractivity contribution >= 4 is 39.3 Å². The molecule has 1 atom stereocenters. The average molecular weight is 527 g/mol. The average Bonchev–Trinajstić information content (AvgIpc) is 3.37. The van der Waals surface area contributed by atoms with Crippen molar-refractivity contribution < 1.29 is 19.0 Å². The highest BCUT2D eigenvalue weighted by molar-refractivity contribution is 9.10. The second-order valence-electron chi connectivity index (χ2n) is 7.47. The van der Waals surface area contributed by atoms with Gasteiger partial charge in [0.25, 0.3) is 5.56 Å². The SMILES string of the molecule is CCOC(=O)C1=C(C)N=c2s/c(=C\c3ccc4c(c3)OCO4)c(=O)n2[C@H]1c1ccc(Br)cc1. The zero-order chi connectivity index (χ0) is 23.1. The molecule has 33 heavy (non-hydrogen) atoms. The number of fused-ring (bicyclic) bond motifs is 2. The fourth-order valence-electron chi connectivity index (χ4n) is 3.91. The molecule has 0 radical (unpaired) electrons. The Morgan fingerprint density at radius 3 is 2.76 bits per heavy atom. The van der Waals surface area contributed by atoms with Crippen molar-refractivity contribution in [2.75, 3.05) is 13.4 Å². The molecule has 2 aliphatic heterocycles. The Kier molecular flexibility index (Phi) is 5.67. The van der Waals surface area contributed by atoms with Gasteiger partial charge in [-0.25, -0.2) is 9.79 Å². The number of carbonyl (C=O) groups is 1. The summed E-state index contributed by atoms with van der Waals surface area (Å²) in [6.07, 6.45) is 1.80. The highest BCUT2D eigenvalue weighted by atomic mass is 79.9. The zero-order valence-corrected chi connectivity index (χ0v) is 20.2. The van der Waals surface area contributed by atoms with Gasteiger partial charge in [0.2, 0.25) is 6.79 Å². The van der Waals surface area contributed by atoms with Crippen LogP contribution in [0.25, 0.3) is 6.08 Å². The zero-order valence-electron chi connectivity index (χ0n) is 17.8. The van der Waals surface area contributed by atoms with Crippen LogP contribution in [0.3, 0.4) is 0 Å². The Morgan fingerprint density at radius 2 is 2.00 bits per heavy atom. The molecule has 3 heterocycles. The summed E-state index contributed by atoms with van der Waals surface area (Å²) < 4.78 is 19.1. The predicted molar refractivity (Wildman–Crippen MR) is 127 cm³/mol. The molecule has 0 amide bonds. The topological polar surface area (TPSA) is 79.1 Å². The van der Waals surface area contributed by atoms with Gasteiger partial charge < -0.3 is 14.2 Å². The molecule has 0 fully saturated rings. The van der Waals surface area contributed by atoms with E-state index in [0.717, 1.165) is 15.6 Å². The highest BCUT2D eigenvalue weighted by Gasteiger charge is 2.33. The first-order valence-corrected chi connectivity index (χ1v) is 11.9. The second kappa shape index (κ2) is 8.64. The number of thiazole rings is 1. The van der Waals surface area contributed by atoms with E-state index < -0.39 is 12.0 Å². The molecule has 0 aliphatic carbocycles. The summed E-state index contributed by atoms with van der Waals surface area (Å²) in [6.45, 7) is 3.94. The smallest absolute Gasteiger partial charge is 0.338 e. The molecule has 5 rings (SSSR count). The number of rotatable bonds is 4. The fraction of sp³-hybridized carbons (Fsp3) is 0.208. The van der Waals surface area contributed by atoms with E-state index in [1.54, 1.807) is 24.5 Å². The Labute approximate surface area is 201 Å². The van der Waals surface area contributed by atoms with Crippen LogP contribution in [-0.4, -0.2) is 23.9 Å². The fourth-order valence-corrected chi connectivity index (χ4v) is 5.22. The highest BCUT2D eigenvalue weighted by Crippen LogP contribution is 2.33. The monoisotopic (exact) mass is 526 g/mol. The third-order valence-corrected chi connectivity index (χ3v) is 6.91. The van der Waals surface area contributed by atoms with Crippen LogP contribution in [0.2, 0.25) is 0 Å². The Morgan fingerprint density at radius 1 is 1.24 bits per heavy atom. The van der Waals surface area contributed by atoms with E-state index in [1.807, 2.05) is 42.5 Å². The summed E-state index contributed by atoms with van der Waals surface area (Å²) in [6, 6.07) is 12.4. The van der Waals surface area contributed by atoms with Gasteiger partial charge in [-0.1, -0.05) is 45.5 Å². The van der Waals surface area contributed by atoms with Gasteiger partial charge >= 0.3 is 5.97 Å². The lowest BCUT2D eigenvalue weighted by Gasteiger charge is -2.24. The van der Waals surface area contributed by atoms with E-state index in [-0.39, 0.29) is 19.0 Å². The predicted octanol–water partition coefficient (Wildman–Crippen LogP) is 3.29. The first-order valence-electron chi connectivity index (χ1n) is 10.3. The summed E-state index contributed by atoms with van der Waals surface area (Å²) in [7, 11) is 0. The Bertz CT molecular complexity index is 1470. The van der Waals surface area contributed by atoms with Gasteiger partial charge in [0.05, 0.1) is 28.5 Å². The van der Waals surface area contributed by atoms with Gasteiger partial charge in [-0.3, -0.25) is 9.36 Å². The summed E-state index contributed by atoms with van der Waals surface area (Å²) in [4.78, 5) is 31.6. The molecule has 0 saturated heterocycles. The minimum atomic E-state index is -0.632. The minimum Gasteiger partial charge on any atom is -0.463 e. The number of ether oxygens (including phenoxy) is 3. The molecule has 0 saturated carbocycles. The molecular formula is C24H19BrN2O5S. The summed E-state index contributed by atoms with van der Waals surface area (Å²) in [5, 5.41) is 0. The maximum atomic E-state index is 13.6. The lowest BCUT2D eigenvalue weighted by atomic mass is 9.96. The van der Waals surface area contributed by atoms with E-state index in [9.17, 15) is 9.59 Å². The summed E-state index contributed by atoms with van der Waals surface area (Å²) >= 11 is 4.73. The van der Waals surface area contributed by atoms with Gasteiger partial charge in [-0.05, 0) is 55.3 Å². The van der Waals surface area contributed by atoms with Crippen LogP contribution in [0, 0.1) is 0 Å². The standard InChI is InChI=1S/C24H19BrN2O5S/c1-3-30-23(29)20-13(2)26-24-27(21(20)15-5-7-16(25)8-6-15)22(28)19(33-24)11-14-4-9-17-18(10-14)32-12-31-17/h4-11,21H,3,12H2,1-2H3/b19-11-/t21-/m0/s1. The van der Waals surface area contributed by atoms with Crippen molar-refractivity contribution in [3.8, 4) is 11.5 Å². The van der Waals surface area contributed by atoms with E-state index in [0.29, 0.717) is 32.1 Å². The number of allylic oxidation sites excluding steroid dienone is 1. The molecular weight excluding hydrogens is 508 g/mol. The molecule has 2 aromatic carbocycles. The lowest BCUT2D eigenvalue weighted by molar-refractivity contribution is -0.139. The molecule has 0 N–H and O–H groups in total. The quantitative estimate of drug-likeness (QED) is 0.487. The molecule has 9 heteroatoms. The van der Waals surface area contributed by atoms with Crippen molar-refractivity contribution in [3.05, 3.63) is 89.0 Å².